The highest BCUT2D eigenvalue weighted by molar-refractivity contribution is 7.92. The van der Waals surface area contributed by atoms with Crippen LogP contribution in [0.3, 0.4) is 0 Å². The maximum atomic E-state index is 14.7. The number of carbonyl (C=O) groups excluding carboxylic acids is 1. The number of anilines is 3. The quantitative estimate of drug-likeness (QED) is 0.123. The van der Waals surface area contributed by atoms with Crippen LogP contribution in [0.4, 0.5) is 17.1 Å². The van der Waals surface area contributed by atoms with E-state index in [4.69, 9.17) is 29.1 Å². The average molecular weight is 817 g/mol. The van der Waals surface area contributed by atoms with Crippen molar-refractivity contribution in [3.63, 3.8) is 0 Å². The van der Waals surface area contributed by atoms with Gasteiger partial charge in [-0.15, -0.1) is 10.2 Å². The van der Waals surface area contributed by atoms with E-state index in [1.54, 1.807) is 31.4 Å². The van der Waals surface area contributed by atoms with Gasteiger partial charge in [0.25, 0.3) is 0 Å². The molecule has 5 aromatic carbocycles. The Morgan fingerprint density at radius 2 is 1.25 bits per heavy atom. The van der Waals surface area contributed by atoms with E-state index in [0.29, 0.717) is 84.5 Å². The van der Waals surface area contributed by atoms with Crippen LogP contribution in [0.25, 0.3) is 33.3 Å². The number of hydrogen-bond donors (Lipinski definition) is 2. The van der Waals surface area contributed by atoms with Gasteiger partial charge in [-0.25, -0.2) is 8.42 Å². The average Bonchev–Trinajstić information content (AvgIpc) is 3.20. The molecule has 1 aliphatic carbocycles. The normalized spacial score (nSPS) is 12.2. The molecule has 59 heavy (non-hydrogen) atoms. The zero-order valence-corrected chi connectivity index (χ0v) is 36.3. The summed E-state index contributed by atoms with van der Waals surface area (Å²) in [5, 5.41) is 13.5. The van der Waals surface area contributed by atoms with Crippen LogP contribution in [0.1, 0.15) is 76.4 Å². The fourth-order valence-corrected chi connectivity index (χ4v) is 8.44. The first-order valence-corrected chi connectivity index (χ1v) is 21.3. The number of ketones is 1. The van der Waals surface area contributed by atoms with Crippen molar-refractivity contribution < 1.29 is 32.2 Å². The lowest BCUT2D eigenvalue weighted by Crippen LogP contribution is -2.24. The SMILES string of the molecule is CC.COc1ccc(Nc2cc(Oc3ccc(C(C)(C)CC(C)(C)C)cc3)c3nnc(-c4cc(OC)c(OC)cc4NS(C)(=O)=O)c4c3c2C(=O)c2ccccc2-4)cc1. The van der Waals surface area contributed by atoms with E-state index in [1.165, 1.54) is 25.8 Å². The van der Waals surface area contributed by atoms with Crippen molar-refractivity contribution in [1.29, 1.82) is 0 Å². The Morgan fingerprint density at radius 1 is 0.661 bits per heavy atom. The summed E-state index contributed by atoms with van der Waals surface area (Å²) < 4.78 is 51.4. The minimum atomic E-state index is -3.77. The summed E-state index contributed by atoms with van der Waals surface area (Å²) >= 11 is 0. The molecular weight excluding hydrogens is 765 g/mol. The molecule has 0 spiro atoms. The first-order valence-electron chi connectivity index (χ1n) is 19.5. The van der Waals surface area contributed by atoms with Gasteiger partial charge in [0.05, 0.1) is 44.5 Å². The molecule has 1 aromatic heterocycles. The Labute approximate surface area is 347 Å². The van der Waals surface area contributed by atoms with Gasteiger partial charge in [0.1, 0.15) is 22.7 Å². The highest BCUT2D eigenvalue weighted by Crippen LogP contribution is 2.51. The van der Waals surface area contributed by atoms with Gasteiger partial charge in [-0.1, -0.05) is 84.9 Å². The van der Waals surface area contributed by atoms with Gasteiger partial charge in [-0.05, 0) is 70.8 Å². The molecular formula is C47H52N4O7S. The van der Waals surface area contributed by atoms with E-state index in [-0.39, 0.29) is 22.3 Å². The topological polar surface area (TPSA) is 138 Å². The molecule has 7 rings (SSSR count). The van der Waals surface area contributed by atoms with Gasteiger partial charge < -0.3 is 24.3 Å². The van der Waals surface area contributed by atoms with Crippen LogP contribution in [-0.4, -0.2) is 52.0 Å². The van der Waals surface area contributed by atoms with E-state index >= 15 is 0 Å². The van der Waals surface area contributed by atoms with Crippen LogP contribution in [0.5, 0.6) is 28.7 Å². The smallest absolute Gasteiger partial charge is 0.229 e. The van der Waals surface area contributed by atoms with Crippen molar-refractivity contribution in [3.05, 3.63) is 108 Å². The minimum absolute atomic E-state index is 0.0724. The maximum Gasteiger partial charge on any atom is 0.229 e. The molecule has 6 aromatic rings. The second-order valence-electron chi connectivity index (χ2n) is 16.0. The molecule has 1 heterocycles. The van der Waals surface area contributed by atoms with Crippen LogP contribution in [-0.2, 0) is 15.4 Å². The lowest BCUT2D eigenvalue weighted by Gasteiger charge is -2.33. The first-order chi connectivity index (χ1) is 28.0. The first kappa shape index (κ1) is 42.5. The fourth-order valence-electron chi connectivity index (χ4n) is 7.87. The molecule has 308 valence electrons. The summed E-state index contributed by atoms with van der Waals surface area (Å²) in [7, 11) is 0.785. The number of methoxy groups -OCH3 is 3. The summed E-state index contributed by atoms with van der Waals surface area (Å²) in [5.41, 5.74) is 5.62. The highest BCUT2D eigenvalue weighted by atomic mass is 32.2. The molecule has 1 aliphatic rings. The summed E-state index contributed by atoms with van der Waals surface area (Å²) in [4.78, 5) is 14.7. The molecule has 0 aliphatic heterocycles. The van der Waals surface area contributed by atoms with E-state index in [2.05, 4.69) is 56.8 Å². The highest BCUT2D eigenvalue weighted by Gasteiger charge is 2.34. The van der Waals surface area contributed by atoms with Crippen LogP contribution in [0, 0.1) is 5.41 Å². The number of sulfonamides is 1. The van der Waals surface area contributed by atoms with Gasteiger partial charge in [-0.3, -0.25) is 9.52 Å². The Bertz CT molecular complexity index is 2630. The number of hydrogen-bond acceptors (Lipinski definition) is 10. The summed E-state index contributed by atoms with van der Waals surface area (Å²) in [6, 6.07) is 27.7. The predicted molar refractivity (Wildman–Crippen MR) is 237 cm³/mol. The van der Waals surface area contributed by atoms with Crippen LogP contribution >= 0.6 is 0 Å². The number of benzene rings is 5. The molecule has 12 heteroatoms. The molecule has 2 N–H and O–H groups in total. The van der Waals surface area contributed by atoms with Crippen LogP contribution in [0.15, 0.2) is 91.0 Å². The third-order valence-corrected chi connectivity index (χ3v) is 10.5. The second-order valence-corrected chi connectivity index (χ2v) is 17.8. The number of rotatable bonds is 12. The van der Waals surface area contributed by atoms with Gasteiger partial charge >= 0.3 is 0 Å². The number of nitrogens with zero attached hydrogens (tertiary/aromatic N) is 2. The van der Waals surface area contributed by atoms with Crippen molar-refractivity contribution in [1.82, 2.24) is 10.2 Å². The van der Waals surface area contributed by atoms with E-state index in [9.17, 15) is 13.2 Å². The summed E-state index contributed by atoms with van der Waals surface area (Å²) in [6.07, 6.45) is 2.05. The van der Waals surface area contributed by atoms with E-state index in [1.807, 2.05) is 62.4 Å². The molecule has 0 amide bonds. The van der Waals surface area contributed by atoms with Crippen molar-refractivity contribution in [3.8, 4) is 51.1 Å². The minimum Gasteiger partial charge on any atom is -0.497 e. The maximum absolute atomic E-state index is 14.7. The Balaban J connectivity index is 0.00000288. The third-order valence-electron chi connectivity index (χ3n) is 9.95. The monoisotopic (exact) mass is 816 g/mol. The van der Waals surface area contributed by atoms with E-state index in [0.717, 1.165) is 12.7 Å². The molecule has 11 nitrogen and oxygen atoms in total. The second kappa shape index (κ2) is 16.6. The largest absolute Gasteiger partial charge is 0.497 e. The number of nitrogens with one attached hydrogen (secondary N) is 2. The van der Waals surface area contributed by atoms with Gasteiger partial charge in [0.2, 0.25) is 10.0 Å². The standard InChI is InChI=1S/C45H46N4O7S.C2H6/c1-44(2,3)25-45(4,5)26-14-18-29(19-15-26)56-37-24-34(46-27-16-20-28(53-6)21-17-27)39-40-38(30-12-10-11-13-31(30)43(39)50)41(47-48-42(37)40)32-22-35(54-7)36(55-8)23-33(32)49-57(9,51)52;1-2/h10-24,46,49H,25H2,1-9H3;1-2H3. The van der Waals surface area contributed by atoms with Crippen molar-refractivity contribution in [2.75, 3.05) is 37.6 Å². The number of aromatic nitrogens is 2. The molecule has 0 saturated heterocycles. The van der Waals surface area contributed by atoms with Crippen LogP contribution in [0.2, 0.25) is 0 Å². The molecule has 0 unspecified atom stereocenters. The number of fused-ring (bicyclic) bond motifs is 2. The zero-order valence-electron chi connectivity index (χ0n) is 35.5. The number of ether oxygens (including phenoxy) is 4. The zero-order chi connectivity index (χ0) is 42.9. The Morgan fingerprint density at radius 3 is 1.85 bits per heavy atom. The Kier molecular flexibility index (Phi) is 12.0. The molecule has 0 fully saturated rings. The van der Waals surface area contributed by atoms with Crippen molar-refractivity contribution in [2.24, 2.45) is 5.41 Å². The lowest BCUT2D eigenvalue weighted by atomic mass is 9.72. The van der Waals surface area contributed by atoms with Gasteiger partial charge in [-0.2, -0.15) is 0 Å². The molecule has 0 atom stereocenters. The summed E-state index contributed by atoms with van der Waals surface area (Å²) in [6.45, 7) is 15.2. The lowest BCUT2D eigenvalue weighted by molar-refractivity contribution is 0.104. The molecule has 0 radical (unpaired) electrons. The molecule has 0 saturated carbocycles. The summed E-state index contributed by atoms with van der Waals surface area (Å²) in [5.74, 6) is 2.04. The third kappa shape index (κ3) is 8.83. The van der Waals surface area contributed by atoms with Crippen LogP contribution < -0.4 is 29.0 Å². The predicted octanol–water partition coefficient (Wildman–Crippen LogP) is 11.2. The fraction of sp³-hybridized carbons (Fsp3) is 0.298. The Hall–Kier alpha value is -6.14. The van der Waals surface area contributed by atoms with Crippen molar-refractivity contribution >= 4 is 43.8 Å². The van der Waals surface area contributed by atoms with Gasteiger partial charge in [0.15, 0.2) is 23.0 Å². The van der Waals surface area contributed by atoms with Crippen molar-refractivity contribution in [2.45, 2.75) is 60.3 Å². The number of carbonyl (C=O) groups is 1. The van der Waals surface area contributed by atoms with E-state index < -0.39 is 10.0 Å². The van der Waals surface area contributed by atoms with Gasteiger partial charge in [0, 0.05) is 39.9 Å². The molecule has 0 bridgehead atoms.